The van der Waals surface area contributed by atoms with Crippen LogP contribution in [0.5, 0.6) is 0 Å². The molecule has 0 aromatic rings. The highest BCUT2D eigenvalue weighted by Crippen LogP contribution is 2.15. The summed E-state index contributed by atoms with van der Waals surface area (Å²) < 4.78 is 31.0. The first-order chi connectivity index (χ1) is 5.08. The summed E-state index contributed by atoms with van der Waals surface area (Å²) in [7, 11) is -4.04. The van der Waals surface area contributed by atoms with Crippen LogP contribution < -0.4 is 4.72 Å². The molecule has 5 heteroatoms. The van der Waals surface area contributed by atoms with Crippen molar-refractivity contribution in [1.29, 1.82) is 0 Å². The van der Waals surface area contributed by atoms with Crippen molar-refractivity contribution in [3.8, 4) is 0 Å². The third-order valence-corrected chi connectivity index (χ3v) is 2.07. The molecule has 0 spiro atoms. The van der Waals surface area contributed by atoms with Crippen molar-refractivity contribution in [1.82, 2.24) is 4.72 Å². The first-order valence-corrected chi connectivity index (χ1v) is 4.96. The Hall–Kier alpha value is -0.550. The fourth-order valence-electron chi connectivity index (χ4n) is 1.10. The Bertz CT molecular complexity index is 255. The molecule has 11 heavy (non-hydrogen) atoms. The fourth-order valence-corrected chi connectivity index (χ4v) is 1.61. The Kier molecular flexibility index (Phi) is 2.51. The first kappa shape index (κ1) is 8.55. The molecule has 0 amide bonds. The van der Waals surface area contributed by atoms with E-state index in [9.17, 15) is 8.42 Å². The fraction of sp³-hybridized carbons (Fsp3) is 0.667. The average molecular weight is 177 g/mol. The minimum Gasteiger partial charge on any atom is -0.269 e. The minimum absolute atomic E-state index is 0.610. The van der Waals surface area contributed by atoms with Gasteiger partial charge in [-0.05, 0) is 25.7 Å². The molecule has 0 heterocycles. The van der Waals surface area contributed by atoms with E-state index in [-0.39, 0.29) is 0 Å². The molecule has 0 saturated heterocycles. The summed E-state index contributed by atoms with van der Waals surface area (Å²) in [4.78, 5) is 0. The smallest absolute Gasteiger partial charge is 0.269 e. The molecule has 0 radical (unpaired) electrons. The van der Waals surface area contributed by atoms with Gasteiger partial charge in [-0.25, -0.2) is 0 Å². The zero-order valence-corrected chi connectivity index (χ0v) is 6.89. The van der Waals surface area contributed by atoms with Crippen LogP contribution in [0.25, 0.3) is 0 Å². The van der Waals surface area contributed by atoms with Gasteiger partial charge in [0, 0.05) is 5.70 Å². The average Bonchev–Trinajstić information content (AvgIpc) is 1.85. The van der Waals surface area contributed by atoms with E-state index < -0.39 is 10.3 Å². The number of hydrogen-bond acceptors (Lipinski definition) is 2. The van der Waals surface area contributed by atoms with E-state index in [1.807, 2.05) is 4.72 Å². The van der Waals surface area contributed by atoms with Gasteiger partial charge in [0.1, 0.15) is 0 Å². The summed E-state index contributed by atoms with van der Waals surface area (Å²) in [6.45, 7) is 0. The number of hydrogen-bond donors (Lipinski definition) is 2. The van der Waals surface area contributed by atoms with Crippen LogP contribution in [-0.4, -0.2) is 13.0 Å². The highest BCUT2D eigenvalue weighted by Gasteiger charge is 2.08. The lowest BCUT2D eigenvalue weighted by molar-refractivity contribution is 0.471. The summed E-state index contributed by atoms with van der Waals surface area (Å²) in [6, 6.07) is 0. The van der Waals surface area contributed by atoms with E-state index in [4.69, 9.17) is 4.55 Å². The van der Waals surface area contributed by atoms with Crippen LogP contribution in [0.3, 0.4) is 0 Å². The Morgan fingerprint density at radius 2 is 2.18 bits per heavy atom. The first-order valence-electron chi connectivity index (χ1n) is 3.52. The van der Waals surface area contributed by atoms with E-state index in [1.54, 1.807) is 6.08 Å². The Balaban J connectivity index is 2.55. The summed E-state index contributed by atoms with van der Waals surface area (Å²) in [5.41, 5.74) is 0.610. The van der Waals surface area contributed by atoms with E-state index in [0.717, 1.165) is 19.3 Å². The highest BCUT2D eigenvalue weighted by molar-refractivity contribution is 7.83. The second kappa shape index (κ2) is 3.23. The predicted octanol–water partition coefficient (Wildman–Crippen LogP) is 0.837. The van der Waals surface area contributed by atoms with E-state index in [2.05, 4.69) is 0 Å². The van der Waals surface area contributed by atoms with Gasteiger partial charge in [0.15, 0.2) is 0 Å². The monoisotopic (exact) mass is 177 g/mol. The molecule has 64 valence electrons. The Morgan fingerprint density at radius 3 is 2.64 bits per heavy atom. The zero-order valence-electron chi connectivity index (χ0n) is 6.08. The van der Waals surface area contributed by atoms with Gasteiger partial charge < -0.3 is 0 Å². The second-order valence-corrected chi connectivity index (χ2v) is 3.71. The molecule has 0 aromatic carbocycles. The Labute approximate surface area is 66.2 Å². The highest BCUT2D eigenvalue weighted by atomic mass is 32.2. The summed E-state index contributed by atoms with van der Waals surface area (Å²) in [6.07, 6.45) is 5.47. The van der Waals surface area contributed by atoms with Crippen LogP contribution in [-0.2, 0) is 10.3 Å². The summed E-state index contributed by atoms with van der Waals surface area (Å²) >= 11 is 0. The molecule has 0 fully saturated rings. The van der Waals surface area contributed by atoms with Gasteiger partial charge in [-0.1, -0.05) is 6.08 Å². The second-order valence-electron chi connectivity index (χ2n) is 2.55. The van der Waals surface area contributed by atoms with Gasteiger partial charge in [0.2, 0.25) is 0 Å². The SMILES string of the molecule is O=S(=O)(O)NC1=CCCCC1. The largest absolute Gasteiger partial charge is 0.357 e. The van der Waals surface area contributed by atoms with Gasteiger partial charge in [-0.3, -0.25) is 9.27 Å². The van der Waals surface area contributed by atoms with Crippen molar-refractivity contribution < 1.29 is 13.0 Å². The molecule has 0 saturated carbocycles. The molecule has 2 N–H and O–H groups in total. The van der Waals surface area contributed by atoms with Crippen molar-refractivity contribution >= 4 is 10.3 Å². The lowest BCUT2D eigenvalue weighted by Crippen LogP contribution is -2.22. The van der Waals surface area contributed by atoms with E-state index in [1.165, 1.54) is 0 Å². The van der Waals surface area contributed by atoms with Gasteiger partial charge in [-0.2, -0.15) is 8.42 Å². The van der Waals surface area contributed by atoms with Gasteiger partial charge in [0.25, 0.3) is 0 Å². The molecule has 0 unspecified atom stereocenters. The minimum atomic E-state index is -4.04. The van der Waals surface area contributed by atoms with Crippen LogP contribution in [0.1, 0.15) is 25.7 Å². The molecule has 1 aliphatic rings. The molecule has 1 rings (SSSR count). The molecule has 0 aliphatic heterocycles. The predicted molar refractivity (Wildman–Crippen MR) is 41.2 cm³/mol. The molecule has 0 aromatic heterocycles. The van der Waals surface area contributed by atoms with Crippen LogP contribution >= 0.6 is 0 Å². The molecule has 0 atom stereocenters. The quantitative estimate of drug-likeness (QED) is 0.614. The lowest BCUT2D eigenvalue weighted by atomic mass is 10.1. The number of nitrogens with one attached hydrogen (secondary N) is 1. The molecule has 1 aliphatic carbocycles. The molecule has 4 nitrogen and oxygen atoms in total. The van der Waals surface area contributed by atoms with Crippen LogP contribution in [0.15, 0.2) is 11.8 Å². The topological polar surface area (TPSA) is 66.4 Å². The van der Waals surface area contributed by atoms with Crippen molar-refractivity contribution in [3.05, 3.63) is 11.8 Å². The Morgan fingerprint density at radius 1 is 1.45 bits per heavy atom. The van der Waals surface area contributed by atoms with E-state index in [0.29, 0.717) is 12.1 Å². The van der Waals surface area contributed by atoms with Crippen molar-refractivity contribution in [2.24, 2.45) is 0 Å². The van der Waals surface area contributed by atoms with E-state index >= 15 is 0 Å². The maximum atomic E-state index is 10.3. The standard InChI is InChI=1S/C6H11NO3S/c8-11(9,10)7-6-4-2-1-3-5-6/h4,7H,1-3,5H2,(H,8,9,10). The zero-order chi connectivity index (χ0) is 8.32. The van der Waals surface area contributed by atoms with Crippen molar-refractivity contribution in [2.75, 3.05) is 0 Å². The van der Waals surface area contributed by atoms with Gasteiger partial charge in [-0.15, -0.1) is 0 Å². The summed E-state index contributed by atoms with van der Waals surface area (Å²) in [5.74, 6) is 0. The molecular weight excluding hydrogens is 166 g/mol. The van der Waals surface area contributed by atoms with Gasteiger partial charge >= 0.3 is 10.3 Å². The summed E-state index contributed by atoms with van der Waals surface area (Å²) in [5, 5.41) is 0. The molecular formula is C6H11NO3S. The third kappa shape index (κ3) is 3.38. The van der Waals surface area contributed by atoms with Gasteiger partial charge in [0.05, 0.1) is 0 Å². The third-order valence-electron chi connectivity index (χ3n) is 1.55. The van der Waals surface area contributed by atoms with Crippen molar-refractivity contribution in [2.45, 2.75) is 25.7 Å². The normalized spacial score (nSPS) is 19.2. The molecule has 0 bridgehead atoms. The van der Waals surface area contributed by atoms with Crippen LogP contribution in [0.4, 0.5) is 0 Å². The maximum Gasteiger partial charge on any atom is 0.357 e. The number of rotatable bonds is 2. The van der Waals surface area contributed by atoms with Crippen molar-refractivity contribution in [3.63, 3.8) is 0 Å². The number of allylic oxidation sites excluding steroid dienone is 2. The lowest BCUT2D eigenvalue weighted by Gasteiger charge is -2.11. The van der Waals surface area contributed by atoms with Crippen LogP contribution in [0.2, 0.25) is 0 Å². The maximum absolute atomic E-state index is 10.3. The van der Waals surface area contributed by atoms with Crippen LogP contribution in [0, 0.1) is 0 Å².